The highest BCUT2D eigenvalue weighted by Gasteiger charge is 1.97. The molecule has 0 aliphatic heterocycles. The maximum atomic E-state index is 9.14. The van der Waals surface area contributed by atoms with Crippen molar-refractivity contribution in [3.05, 3.63) is 30.3 Å². The van der Waals surface area contributed by atoms with Crippen LogP contribution in [0.5, 0.6) is 0 Å². The van der Waals surface area contributed by atoms with Gasteiger partial charge in [0.05, 0.1) is 0 Å². The average Bonchev–Trinajstić information content (AvgIpc) is 2.34. The molecule has 0 aliphatic carbocycles. The van der Waals surface area contributed by atoms with Crippen LogP contribution in [0.3, 0.4) is 0 Å². The van der Waals surface area contributed by atoms with Crippen LogP contribution in [-0.2, 0) is 0 Å². The van der Waals surface area contributed by atoms with Crippen LogP contribution < -0.4 is 5.32 Å². The lowest BCUT2D eigenvalue weighted by atomic mass is 10.1. The predicted molar refractivity (Wildman–Crippen MR) is 68.2 cm³/mol. The van der Waals surface area contributed by atoms with Crippen molar-refractivity contribution < 1.29 is 5.11 Å². The Morgan fingerprint density at radius 2 is 1.94 bits per heavy atom. The van der Waals surface area contributed by atoms with Gasteiger partial charge in [-0.15, -0.1) is 6.42 Å². The van der Waals surface area contributed by atoms with E-state index in [0.29, 0.717) is 6.42 Å². The van der Waals surface area contributed by atoms with Crippen molar-refractivity contribution in [1.82, 2.24) is 0 Å². The monoisotopic (exact) mass is 217 g/mol. The first-order valence-corrected chi connectivity index (χ1v) is 5.76. The van der Waals surface area contributed by atoms with Crippen molar-refractivity contribution in [2.24, 2.45) is 0 Å². The lowest BCUT2D eigenvalue weighted by molar-refractivity contribution is 0.217. The van der Waals surface area contributed by atoms with Crippen LogP contribution in [0.15, 0.2) is 30.3 Å². The summed E-state index contributed by atoms with van der Waals surface area (Å²) in [5.74, 6) is 2.32. The zero-order chi connectivity index (χ0) is 11.6. The fourth-order valence-corrected chi connectivity index (χ4v) is 1.51. The van der Waals surface area contributed by atoms with Gasteiger partial charge in [0, 0.05) is 12.2 Å². The third kappa shape index (κ3) is 5.43. The summed E-state index contributed by atoms with van der Waals surface area (Å²) in [7, 11) is 0. The zero-order valence-electron chi connectivity index (χ0n) is 9.52. The fraction of sp³-hybridized carbons (Fsp3) is 0.429. The van der Waals surface area contributed by atoms with E-state index in [1.807, 2.05) is 18.2 Å². The molecule has 2 N–H and O–H groups in total. The lowest BCUT2D eigenvalue weighted by Gasteiger charge is -2.06. The molecule has 1 aromatic rings. The average molecular weight is 217 g/mol. The number of nitrogens with one attached hydrogen (secondary N) is 1. The molecule has 16 heavy (non-hydrogen) atoms. The van der Waals surface area contributed by atoms with E-state index in [-0.39, 0.29) is 0 Å². The number of benzene rings is 1. The van der Waals surface area contributed by atoms with E-state index in [0.717, 1.165) is 31.5 Å². The molecule has 0 aliphatic rings. The van der Waals surface area contributed by atoms with Crippen molar-refractivity contribution in [2.75, 3.05) is 11.9 Å². The molecule has 1 atom stereocenters. The topological polar surface area (TPSA) is 32.3 Å². The molecule has 0 saturated carbocycles. The van der Waals surface area contributed by atoms with E-state index in [9.17, 15) is 0 Å². The number of hydrogen-bond donors (Lipinski definition) is 2. The van der Waals surface area contributed by atoms with Gasteiger partial charge < -0.3 is 10.4 Å². The standard InChI is InChI=1S/C14H19NO/c1-2-14(16)11-7-4-8-12-15-13-9-5-3-6-10-13/h1,3,5-6,9-10,14-16H,4,7-8,11-12H2. The summed E-state index contributed by atoms with van der Waals surface area (Å²) in [5, 5.41) is 12.5. The zero-order valence-corrected chi connectivity index (χ0v) is 9.52. The number of unbranched alkanes of at least 4 members (excludes halogenated alkanes) is 2. The third-order valence-electron chi connectivity index (χ3n) is 2.45. The fourth-order valence-electron chi connectivity index (χ4n) is 1.51. The molecule has 0 saturated heterocycles. The molecule has 1 aromatic carbocycles. The minimum absolute atomic E-state index is 0.568. The summed E-state index contributed by atoms with van der Waals surface area (Å²) in [6.07, 6.45) is 8.41. The van der Waals surface area contributed by atoms with Crippen LogP contribution in [-0.4, -0.2) is 17.8 Å². The summed E-state index contributed by atoms with van der Waals surface area (Å²) in [6.45, 7) is 0.968. The van der Waals surface area contributed by atoms with Gasteiger partial charge >= 0.3 is 0 Å². The molecule has 0 radical (unpaired) electrons. The third-order valence-corrected chi connectivity index (χ3v) is 2.45. The second kappa shape index (κ2) is 7.78. The van der Waals surface area contributed by atoms with E-state index in [1.165, 1.54) is 0 Å². The van der Waals surface area contributed by atoms with Gasteiger partial charge in [-0.25, -0.2) is 0 Å². The maximum Gasteiger partial charge on any atom is 0.114 e. The molecular formula is C14H19NO. The van der Waals surface area contributed by atoms with E-state index < -0.39 is 6.10 Å². The van der Waals surface area contributed by atoms with Crippen molar-refractivity contribution in [1.29, 1.82) is 0 Å². The number of hydrogen-bond acceptors (Lipinski definition) is 2. The summed E-state index contributed by atoms with van der Waals surface area (Å²) in [5.41, 5.74) is 1.16. The normalized spacial score (nSPS) is 11.8. The number of terminal acetylenes is 1. The smallest absolute Gasteiger partial charge is 0.114 e. The molecule has 0 heterocycles. The summed E-state index contributed by atoms with van der Waals surface area (Å²) in [6, 6.07) is 10.2. The van der Waals surface area contributed by atoms with Crippen LogP contribution in [0.2, 0.25) is 0 Å². The van der Waals surface area contributed by atoms with E-state index in [1.54, 1.807) is 0 Å². The maximum absolute atomic E-state index is 9.14. The molecule has 0 bridgehead atoms. The molecular weight excluding hydrogens is 198 g/mol. The van der Waals surface area contributed by atoms with E-state index >= 15 is 0 Å². The molecule has 86 valence electrons. The molecule has 1 unspecified atom stereocenters. The largest absolute Gasteiger partial charge is 0.385 e. The Morgan fingerprint density at radius 1 is 1.19 bits per heavy atom. The molecule has 0 amide bonds. The Hall–Kier alpha value is -1.46. The molecule has 0 fully saturated rings. The Kier molecular flexibility index (Phi) is 6.13. The van der Waals surface area contributed by atoms with Crippen molar-refractivity contribution in [3.8, 4) is 12.3 Å². The molecule has 2 heteroatoms. The van der Waals surface area contributed by atoms with Gasteiger partial charge in [-0.2, -0.15) is 0 Å². The highest BCUT2D eigenvalue weighted by molar-refractivity contribution is 5.42. The Bertz CT molecular complexity index is 315. The highest BCUT2D eigenvalue weighted by Crippen LogP contribution is 2.07. The summed E-state index contributed by atoms with van der Waals surface area (Å²) >= 11 is 0. The first-order chi connectivity index (χ1) is 7.83. The molecule has 0 spiro atoms. The quantitative estimate of drug-likeness (QED) is 0.543. The van der Waals surface area contributed by atoms with Crippen molar-refractivity contribution >= 4 is 5.69 Å². The second-order valence-electron chi connectivity index (χ2n) is 3.82. The second-order valence-corrected chi connectivity index (χ2v) is 3.82. The number of anilines is 1. The van der Waals surface area contributed by atoms with Gasteiger partial charge in [0.2, 0.25) is 0 Å². The first-order valence-electron chi connectivity index (χ1n) is 5.76. The predicted octanol–water partition coefficient (Wildman–Crippen LogP) is 2.65. The van der Waals surface area contributed by atoms with Crippen LogP contribution in [0.4, 0.5) is 5.69 Å². The molecule has 2 nitrogen and oxygen atoms in total. The number of aliphatic hydroxyl groups excluding tert-OH is 1. The number of rotatable bonds is 7. The Labute approximate surface area is 97.7 Å². The van der Waals surface area contributed by atoms with Gasteiger partial charge in [-0.1, -0.05) is 30.5 Å². The van der Waals surface area contributed by atoms with Gasteiger partial charge in [0.1, 0.15) is 6.10 Å². The first kappa shape index (κ1) is 12.6. The Balaban J connectivity index is 1.99. The SMILES string of the molecule is C#CC(O)CCCCCNc1ccccc1. The van der Waals surface area contributed by atoms with Crippen molar-refractivity contribution in [2.45, 2.75) is 31.8 Å². The Morgan fingerprint density at radius 3 is 2.62 bits per heavy atom. The number of para-hydroxylation sites is 1. The van der Waals surface area contributed by atoms with Crippen LogP contribution in [0.1, 0.15) is 25.7 Å². The van der Waals surface area contributed by atoms with E-state index in [4.69, 9.17) is 11.5 Å². The minimum atomic E-state index is -0.568. The molecule has 0 aromatic heterocycles. The number of aliphatic hydroxyl groups is 1. The highest BCUT2D eigenvalue weighted by atomic mass is 16.3. The van der Waals surface area contributed by atoms with Gasteiger partial charge in [-0.3, -0.25) is 0 Å². The summed E-state index contributed by atoms with van der Waals surface area (Å²) in [4.78, 5) is 0. The van der Waals surface area contributed by atoms with Crippen molar-refractivity contribution in [3.63, 3.8) is 0 Å². The van der Waals surface area contributed by atoms with Crippen LogP contribution in [0.25, 0.3) is 0 Å². The van der Waals surface area contributed by atoms with Gasteiger partial charge in [0.15, 0.2) is 0 Å². The summed E-state index contributed by atoms with van der Waals surface area (Å²) < 4.78 is 0. The molecule has 1 rings (SSSR count). The van der Waals surface area contributed by atoms with Crippen LogP contribution >= 0.6 is 0 Å². The van der Waals surface area contributed by atoms with Crippen LogP contribution in [0, 0.1) is 12.3 Å². The van der Waals surface area contributed by atoms with Gasteiger partial charge in [-0.05, 0) is 31.4 Å². The lowest BCUT2D eigenvalue weighted by Crippen LogP contribution is -2.04. The minimum Gasteiger partial charge on any atom is -0.385 e. The van der Waals surface area contributed by atoms with E-state index in [2.05, 4.69) is 23.4 Å². The van der Waals surface area contributed by atoms with Gasteiger partial charge in [0.25, 0.3) is 0 Å².